The quantitative estimate of drug-likeness (QED) is 0.140. The van der Waals surface area contributed by atoms with Gasteiger partial charge in [-0.05, 0) is 95.1 Å². The third kappa shape index (κ3) is 7.10. The van der Waals surface area contributed by atoms with Crippen molar-refractivity contribution in [2.75, 3.05) is 9.80 Å². The molecule has 0 amide bonds. The summed E-state index contributed by atoms with van der Waals surface area (Å²) < 4.78 is 0. The van der Waals surface area contributed by atoms with E-state index in [1.54, 1.807) is 0 Å². The summed E-state index contributed by atoms with van der Waals surface area (Å²) in [6.07, 6.45) is 1.85. The second-order valence-corrected chi connectivity index (χ2v) is 13.6. The minimum atomic E-state index is 0.941. The van der Waals surface area contributed by atoms with Gasteiger partial charge in [-0.1, -0.05) is 158 Å². The Balaban J connectivity index is 1.33. The Labute approximate surface area is 329 Å². The molecule has 0 N–H and O–H groups in total. The predicted octanol–water partition coefficient (Wildman–Crippen LogP) is 14.7. The summed E-state index contributed by atoms with van der Waals surface area (Å²) >= 11 is 0. The van der Waals surface area contributed by atoms with Crippen LogP contribution >= 0.6 is 0 Å². The number of hydrogen-bond acceptors (Lipinski definition) is 3. The molecule has 266 valence electrons. The fraction of sp³-hybridized carbons (Fsp3) is 0. The zero-order valence-corrected chi connectivity index (χ0v) is 30.9. The van der Waals surface area contributed by atoms with Gasteiger partial charge < -0.3 is 9.80 Å². The molecule has 0 spiro atoms. The number of nitrogens with zero attached hydrogens (tertiary/aromatic N) is 3. The van der Waals surface area contributed by atoms with E-state index >= 15 is 0 Å². The van der Waals surface area contributed by atoms with E-state index in [4.69, 9.17) is 4.98 Å². The lowest BCUT2D eigenvalue weighted by Crippen LogP contribution is -2.14. The molecule has 0 unspecified atom stereocenters. The number of benzene rings is 8. The van der Waals surface area contributed by atoms with Gasteiger partial charge >= 0.3 is 0 Å². The highest BCUT2D eigenvalue weighted by Crippen LogP contribution is 2.47. The molecule has 0 atom stereocenters. The van der Waals surface area contributed by atoms with E-state index in [2.05, 4.69) is 228 Å². The Morgan fingerprint density at radius 1 is 0.268 bits per heavy atom. The highest BCUT2D eigenvalue weighted by Gasteiger charge is 2.23. The maximum Gasteiger partial charge on any atom is 0.0702 e. The van der Waals surface area contributed by atoms with Gasteiger partial charge in [-0.15, -0.1) is 0 Å². The summed E-state index contributed by atoms with van der Waals surface area (Å²) in [6, 6.07) is 81.8. The summed E-state index contributed by atoms with van der Waals surface area (Å²) in [5.74, 6) is 0. The van der Waals surface area contributed by atoms with Crippen LogP contribution in [0.5, 0.6) is 0 Å². The van der Waals surface area contributed by atoms with Crippen LogP contribution in [-0.2, 0) is 0 Å². The van der Waals surface area contributed by atoms with Crippen molar-refractivity contribution in [2.45, 2.75) is 0 Å². The van der Waals surface area contributed by atoms with E-state index in [0.29, 0.717) is 0 Å². The number of pyridine rings is 1. The zero-order chi connectivity index (χ0) is 37.5. The normalized spacial score (nSPS) is 10.9. The van der Waals surface area contributed by atoms with Gasteiger partial charge in [0.1, 0.15) is 0 Å². The third-order valence-corrected chi connectivity index (χ3v) is 10.1. The van der Waals surface area contributed by atoms with Crippen LogP contribution in [0.25, 0.3) is 44.6 Å². The van der Waals surface area contributed by atoms with Gasteiger partial charge in [-0.25, -0.2) is 0 Å². The smallest absolute Gasteiger partial charge is 0.0702 e. The van der Waals surface area contributed by atoms with Gasteiger partial charge in [0.05, 0.1) is 17.1 Å². The van der Waals surface area contributed by atoms with E-state index < -0.39 is 0 Å². The molecule has 1 heterocycles. The Morgan fingerprint density at radius 2 is 0.696 bits per heavy atom. The molecular weight excluding hydrogens is 679 g/mol. The standard InChI is InChI=1S/C53H39N3/c1-5-20-40(21-6-1)49-30-13-15-33-52(49)55(45-26-9-3-10-27-45)47-37-44(42-24-19-25-43(36-42)51-32-17-18-35-54-51)38-48(39-47)56(46-28-11-4-12-29-46)53-34-16-14-31-50(53)41-22-7-2-8-23-41/h1-39H. The van der Waals surface area contributed by atoms with Crippen LogP contribution in [0.3, 0.4) is 0 Å². The van der Waals surface area contributed by atoms with Crippen LogP contribution in [-0.4, -0.2) is 4.98 Å². The molecule has 3 heteroatoms. The van der Waals surface area contributed by atoms with E-state index in [1.807, 2.05) is 18.3 Å². The largest absolute Gasteiger partial charge is 0.310 e. The average molecular weight is 718 g/mol. The minimum Gasteiger partial charge on any atom is -0.310 e. The maximum absolute atomic E-state index is 4.69. The van der Waals surface area contributed by atoms with Crippen LogP contribution < -0.4 is 9.80 Å². The van der Waals surface area contributed by atoms with E-state index in [-0.39, 0.29) is 0 Å². The Bertz CT molecular complexity index is 2530. The second kappa shape index (κ2) is 15.9. The molecule has 9 rings (SSSR count). The summed E-state index contributed by atoms with van der Waals surface area (Å²) in [4.78, 5) is 9.48. The van der Waals surface area contributed by atoms with Gasteiger partial charge in [0.2, 0.25) is 0 Å². The summed E-state index contributed by atoms with van der Waals surface area (Å²) in [5, 5.41) is 0. The molecule has 8 aromatic carbocycles. The fourth-order valence-corrected chi connectivity index (χ4v) is 7.48. The number of hydrogen-bond donors (Lipinski definition) is 0. The molecule has 1 aromatic heterocycles. The van der Waals surface area contributed by atoms with Crippen molar-refractivity contribution < 1.29 is 0 Å². The molecule has 0 aliphatic rings. The van der Waals surface area contributed by atoms with E-state index in [1.165, 1.54) is 0 Å². The van der Waals surface area contributed by atoms with Crippen molar-refractivity contribution in [3.63, 3.8) is 0 Å². The zero-order valence-electron chi connectivity index (χ0n) is 30.9. The van der Waals surface area contributed by atoms with Crippen LogP contribution in [0.2, 0.25) is 0 Å². The monoisotopic (exact) mass is 717 g/mol. The number of rotatable bonds is 10. The lowest BCUT2D eigenvalue weighted by atomic mass is 9.97. The first-order valence-electron chi connectivity index (χ1n) is 19.0. The van der Waals surface area contributed by atoms with Crippen LogP contribution in [0.4, 0.5) is 34.1 Å². The Kier molecular flexibility index (Phi) is 9.71. The maximum atomic E-state index is 4.69. The lowest BCUT2D eigenvalue weighted by Gasteiger charge is -2.32. The molecular formula is C53H39N3. The number of aromatic nitrogens is 1. The van der Waals surface area contributed by atoms with Crippen LogP contribution in [0.1, 0.15) is 0 Å². The molecule has 0 saturated carbocycles. The van der Waals surface area contributed by atoms with Crippen molar-refractivity contribution in [1.82, 2.24) is 4.98 Å². The van der Waals surface area contributed by atoms with Crippen LogP contribution in [0.15, 0.2) is 237 Å². The van der Waals surface area contributed by atoms with Crippen molar-refractivity contribution in [3.05, 3.63) is 237 Å². The van der Waals surface area contributed by atoms with Gasteiger partial charge in [0.15, 0.2) is 0 Å². The first kappa shape index (κ1) is 34.3. The number of anilines is 6. The predicted molar refractivity (Wildman–Crippen MR) is 235 cm³/mol. The first-order valence-corrected chi connectivity index (χ1v) is 19.0. The van der Waals surface area contributed by atoms with Gasteiger partial charge in [-0.3, -0.25) is 4.98 Å². The molecule has 0 aliphatic carbocycles. The van der Waals surface area contributed by atoms with Crippen molar-refractivity contribution in [3.8, 4) is 44.6 Å². The van der Waals surface area contributed by atoms with Crippen molar-refractivity contribution in [1.29, 1.82) is 0 Å². The van der Waals surface area contributed by atoms with Gasteiger partial charge in [0.25, 0.3) is 0 Å². The Hall–Kier alpha value is -7.49. The molecule has 56 heavy (non-hydrogen) atoms. The third-order valence-electron chi connectivity index (χ3n) is 10.1. The molecule has 0 aliphatic heterocycles. The molecule has 0 fully saturated rings. The SMILES string of the molecule is c1ccc(-c2ccccc2N(c2ccccc2)c2cc(-c3cccc(-c4ccccn4)c3)cc(N(c3ccccc3)c3ccccc3-c3ccccc3)c2)cc1. The van der Waals surface area contributed by atoms with Gasteiger partial charge in [-0.2, -0.15) is 0 Å². The summed E-state index contributed by atoms with van der Waals surface area (Å²) in [6.45, 7) is 0. The lowest BCUT2D eigenvalue weighted by molar-refractivity contribution is 1.25. The van der Waals surface area contributed by atoms with E-state index in [0.717, 1.165) is 78.8 Å². The van der Waals surface area contributed by atoms with Gasteiger partial charge in [0, 0.05) is 45.6 Å². The number of para-hydroxylation sites is 4. The fourth-order valence-electron chi connectivity index (χ4n) is 7.48. The molecule has 3 nitrogen and oxygen atoms in total. The summed E-state index contributed by atoms with van der Waals surface area (Å²) in [5.41, 5.74) is 15.2. The molecule has 0 saturated heterocycles. The Morgan fingerprint density at radius 3 is 1.20 bits per heavy atom. The first-order chi connectivity index (χ1) is 27.8. The van der Waals surface area contributed by atoms with Crippen LogP contribution in [0, 0.1) is 0 Å². The molecule has 0 radical (unpaired) electrons. The van der Waals surface area contributed by atoms with Crippen molar-refractivity contribution in [2.24, 2.45) is 0 Å². The molecule has 0 bridgehead atoms. The highest BCUT2D eigenvalue weighted by atomic mass is 15.2. The minimum absolute atomic E-state index is 0.941. The average Bonchev–Trinajstić information content (AvgIpc) is 3.29. The van der Waals surface area contributed by atoms with Crippen molar-refractivity contribution >= 4 is 34.1 Å². The second-order valence-electron chi connectivity index (χ2n) is 13.6. The van der Waals surface area contributed by atoms with E-state index in [9.17, 15) is 0 Å². The highest BCUT2D eigenvalue weighted by molar-refractivity contribution is 5.94. The molecule has 9 aromatic rings. The topological polar surface area (TPSA) is 19.4 Å². The summed E-state index contributed by atoms with van der Waals surface area (Å²) in [7, 11) is 0.